The molecular formula is C13H23NO. The third-order valence-corrected chi connectivity index (χ3v) is 4.49. The van der Waals surface area contributed by atoms with Gasteiger partial charge < -0.3 is 9.64 Å². The van der Waals surface area contributed by atoms with Crippen molar-refractivity contribution in [1.29, 1.82) is 0 Å². The summed E-state index contributed by atoms with van der Waals surface area (Å²) in [7, 11) is 0. The number of rotatable bonds is 5. The van der Waals surface area contributed by atoms with Gasteiger partial charge in [0.05, 0.1) is 6.61 Å². The number of hydrogen-bond acceptors (Lipinski definition) is 2. The Morgan fingerprint density at radius 3 is 2.40 bits per heavy atom. The van der Waals surface area contributed by atoms with Crippen LogP contribution in [0, 0.1) is 17.3 Å². The molecule has 2 aliphatic carbocycles. The Bertz CT molecular complexity index is 221. The van der Waals surface area contributed by atoms with Gasteiger partial charge in [0.2, 0.25) is 0 Å². The topological polar surface area (TPSA) is 12.5 Å². The van der Waals surface area contributed by atoms with Crippen LogP contribution >= 0.6 is 0 Å². The first-order chi connectivity index (χ1) is 7.30. The number of piperidine rings is 2. The lowest BCUT2D eigenvalue weighted by molar-refractivity contribution is 0.00110. The van der Waals surface area contributed by atoms with Gasteiger partial charge in [0, 0.05) is 31.7 Å². The molecule has 0 aromatic carbocycles. The SMILES string of the molecule is CCOCC1(CN2CC3CC(C3)C2)CC1. The van der Waals surface area contributed by atoms with Crippen LogP contribution in [0.2, 0.25) is 0 Å². The van der Waals surface area contributed by atoms with Crippen LogP contribution in [0.3, 0.4) is 0 Å². The maximum atomic E-state index is 5.61. The van der Waals surface area contributed by atoms with Crippen molar-refractivity contribution in [3.63, 3.8) is 0 Å². The van der Waals surface area contributed by atoms with Crippen LogP contribution in [0.4, 0.5) is 0 Å². The minimum absolute atomic E-state index is 0.569. The van der Waals surface area contributed by atoms with Gasteiger partial charge >= 0.3 is 0 Å². The molecule has 0 spiro atoms. The largest absolute Gasteiger partial charge is 0.381 e. The van der Waals surface area contributed by atoms with Crippen molar-refractivity contribution >= 4 is 0 Å². The first kappa shape index (κ1) is 10.1. The average Bonchev–Trinajstić information content (AvgIpc) is 2.94. The Kier molecular flexibility index (Phi) is 2.52. The van der Waals surface area contributed by atoms with Gasteiger partial charge in [0.25, 0.3) is 0 Å². The van der Waals surface area contributed by atoms with Crippen molar-refractivity contribution in [3.05, 3.63) is 0 Å². The normalized spacial score (nSPS) is 37.4. The van der Waals surface area contributed by atoms with E-state index in [-0.39, 0.29) is 0 Å². The summed E-state index contributed by atoms with van der Waals surface area (Å²) in [5.74, 6) is 2.10. The quantitative estimate of drug-likeness (QED) is 0.688. The predicted molar refractivity (Wildman–Crippen MR) is 60.8 cm³/mol. The van der Waals surface area contributed by atoms with E-state index in [1.165, 1.54) is 45.3 Å². The van der Waals surface area contributed by atoms with Crippen molar-refractivity contribution in [2.75, 3.05) is 32.8 Å². The molecule has 4 rings (SSSR count). The van der Waals surface area contributed by atoms with Gasteiger partial charge in [-0.2, -0.15) is 0 Å². The van der Waals surface area contributed by atoms with Gasteiger partial charge in [0.15, 0.2) is 0 Å². The third kappa shape index (κ3) is 2.07. The van der Waals surface area contributed by atoms with Crippen LogP contribution in [0.1, 0.15) is 32.6 Å². The lowest BCUT2D eigenvalue weighted by atomic mass is 9.71. The Labute approximate surface area is 93.0 Å². The first-order valence-corrected chi connectivity index (χ1v) is 6.60. The fourth-order valence-corrected chi connectivity index (χ4v) is 3.42. The summed E-state index contributed by atoms with van der Waals surface area (Å²) in [6.45, 7) is 8.07. The van der Waals surface area contributed by atoms with Crippen molar-refractivity contribution in [3.8, 4) is 0 Å². The van der Waals surface area contributed by atoms with Crippen molar-refractivity contribution in [2.45, 2.75) is 32.6 Å². The zero-order valence-corrected chi connectivity index (χ0v) is 9.87. The summed E-state index contributed by atoms with van der Waals surface area (Å²) < 4.78 is 5.61. The fourth-order valence-electron chi connectivity index (χ4n) is 3.42. The van der Waals surface area contributed by atoms with Crippen LogP contribution in [0.5, 0.6) is 0 Å². The minimum atomic E-state index is 0.569. The van der Waals surface area contributed by atoms with Gasteiger partial charge in [-0.05, 0) is 44.4 Å². The van der Waals surface area contributed by atoms with Crippen molar-refractivity contribution < 1.29 is 4.74 Å². The highest BCUT2D eigenvalue weighted by atomic mass is 16.5. The van der Waals surface area contributed by atoms with Gasteiger partial charge in [-0.25, -0.2) is 0 Å². The molecule has 0 radical (unpaired) electrons. The highest BCUT2D eigenvalue weighted by Crippen LogP contribution is 2.48. The second kappa shape index (κ2) is 3.74. The van der Waals surface area contributed by atoms with Crippen LogP contribution in [0.15, 0.2) is 0 Å². The molecule has 86 valence electrons. The minimum Gasteiger partial charge on any atom is -0.381 e. The lowest BCUT2D eigenvalue weighted by Crippen LogP contribution is -2.50. The molecule has 2 bridgehead atoms. The molecule has 15 heavy (non-hydrogen) atoms. The molecule has 0 amide bonds. The van der Waals surface area contributed by atoms with E-state index < -0.39 is 0 Å². The highest BCUT2D eigenvalue weighted by molar-refractivity contribution is 4.98. The van der Waals surface area contributed by atoms with Crippen LogP contribution in [-0.4, -0.2) is 37.7 Å². The average molecular weight is 209 g/mol. The van der Waals surface area contributed by atoms with Crippen LogP contribution in [0.25, 0.3) is 0 Å². The summed E-state index contributed by atoms with van der Waals surface area (Å²) in [4.78, 5) is 2.72. The van der Waals surface area contributed by atoms with Gasteiger partial charge in [0.1, 0.15) is 0 Å². The zero-order valence-electron chi connectivity index (χ0n) is 9.87. The zero-order chi connectivity index (χ0) is 10.3. The molecule has 0 aromatic rings. The standard InChI is InChI=1S/C13H23NO/c1-2-15-10-13(3-4-13)9-14-7-11-5-12(6-11)8-14/h11-12H,2-10H2,1H3. The maximum absolute atomic E-state index is 5.61. The molecule has 0 unspecified atom stereocenters. The number of hydrogen-bond donors (Lipinski definition) is 0. The summed E-state index contributed by atoms with van der Waals surface area (Å²) in [6, 6.07) is 0. The Hall–Kier alpha value is -0.0800. The van der Waals surface area contributed by atoms with Crippen LogP contribution < -0.4 is 0 Å². The third-order valence-electron chi connectivity index (χ3n) is 4.49. The Morgan fingerprint density at radius 2 is 1.87 bits per heavy atom. The summed E-state index contributed by atoms with van der Waals surface area (Å²) in [6.07, 6.45) is 5.85. The van der Waals surface area contributed by atoms with Crippen LogP contribution in [-0.2, 0) is 4.74 Å². The number of ether oxygens (including phenoxy) is 1. The second-order valence-corrected chi connectivity index (χ2v) is 6.03. The summed E-state index contributed by atoms with van der Waals surface area (Å²) in [5, 5.41) is 0. The Balaban J connectivity index is 1.48. The van der Waals surface area contributed by atoms with Gasteiger partial charge in [-0.3, -0.25) is 0 Å². The van der Waals surface area contributed by atoms with E-state index in [0.29, 0.717) is 5.41 Å². The maximum Gasteiger partial charge on any atom is 0.0534 e. The molecule has 2 aliphatic heterocycles. The molecule has 4 aliphatic rings. The molecule has 0 N–H and O–H groups in total. The van der Waals surface area contributed by atoms with E-state index in [2.05, 4.69) is 11.8 Å². The lowest BCUT2D eigenvalue weighted by Gasteiger charge is -2.48. The van der Waals surface area contributed by atoms with Gasteiger partial charge in [-0.1, -0.05) is 0 Å². The molecule has 2 saturated heterocycles. The fraction of sp³-hybridized carbons (Fsp3) is 1.00. The second-order valence-electron chi connectivity index (χ2n) is 6.03. The molecular weight excluding hydrogens is 186 g/mol. The predicted octanol–water partition coefficient (Wildman–Crippen LogP) is 2.14. The molecule has 0 aromatic heterocycles. The summed E-state index contributed by atoms with van der Waals surface area (Å²) >= 11 is 0. The van der Waals surface area contributed by atoms with E-state index in [9.17, 15) is 0 Å². The van der Waals surface area contributed by atoms with Crippen molar-refractivity contribution in [2.24, 2.45) is 17.3 Å². The molecule has 2 heteroatoms. The number of nitrogens with zero attached hydrogens (tertiary/aromatic N) is 1. The Morgan fingerprint density at radius 1 is 1.20 bits per heavy atom. The molecule has 2 heterocycles. The first-order valence-electron chi connectivity index (χ1n) is 6.60. The highest BCUT2D eigenvalue weighted by Gasteiger charge is 2.46. The monoisotopic (exact) mass is 209 g/mol. The molecule has 2 nitrogen and oxygen atoms in total. The van der Waals surface area contributed by atoms with Crippen molar-refractivity contribution in [1.82, 2.24) is 4.90 Å². The van der Waals surface area contributed by atoms with E-state index in [1.807, 2.05) is 0 Å². The molecule has 4 fully saturated rings. The molecule has 2 saturated carbocycles. The number of fused-ring (bicyclic) bond motifs is 2. The van der Waals surface area contributed by atoms with E-state index in [1.54, 1.807) is 0 Å². The van der Waals surface area contributed by atoms with E-state index >= 15 is 0 Å². The smallest absolute Gasteiger partial charge is 0.0534 e. The molecule has 0 atom stereocenters. The van der Waals surface area contributed by atoms with E-state index in [4.69, 9.17) is 4.74 Å². The summed E-state index contributed by atoms with van der Waals surface area (Å²) in [5.41, 5.74) is 0.569. The van der Waals surface area contributed by atoms with Gasteiger partial charge in [-0.15, -0.1) is 0 Å². The van der Waals surface area contributed by atoms with E-state index in [0.717, 1.165) is 25.0 Å².